The van der Waals surface area contributed by atoms with Crippen molar-refractivity contribution in [2.75, 3.05) is 21.3 Å². The van der Waals surface area contributed by atoms with E-state index in [9.17, 15) is 4.39 Å². The van der Waals surface area contributed by atoms with Crippen molar-refractivity contribution in [2.45, 2.75) is 37.3 Å². The van der Waals surface area contributed by atoms with Gasteiger partial charge in [-0.15, -0.1) is 0 Å². The van der Waals surface area contributed by atoms with Crippen molar-refractivity contribution < 1.29 is 13.9 Å². The highest BCUT2D eigenvalue weighted by atomic mass is 19.1. The molecule has 1 saturated carbocycles. The lowest BCUT2D eigenvalue weighted by molar-refractivity contribution is -0.0967. The van der Waals surface area contributed by atoms with Gasteiger partial charge in [0.2, 0.25) is 0 Å². The van der Waals surface area contributed by atoms with E-state index in [0.29, 0.717) is 17.7 Å². The van der Waals surface area contributed by atoms with Crippen LogP contribution in [0.4, 0.5) is 4.39 Å². The number of hydrogen-bond acceptors (Lipinski definition) is 3. The van der Waals surface area contributed by atoms with Crippen LogP contribution in [-0.2, 0) is 11.2 Å². The number of benzene rings is 1. The minimum Gasteiger partial charge on any atom is -0.494 e. The van der Waals surface area contributed by atoms with Crippen molar-refractivity contribution in [3.63, 3.8) is 0 Å². The van der Waals surface area contributed by atoms with Gasteiger partial charge >= 0.3 is 0 Å². The van der Waals surface area contributed by atoms with Crippen LogP contribution in [0.5, 0.6) is 5.75 Å². The summed E-state index contributed by atoms with van der Waals surface area (Å²) in [5.74, 6) is 0.0308. The first-order valence-electron chi connectivity index (χ1n) is 6.70. The fourth-order valence-electron chi connectivity index (χ4n) is 2.86. The fraction of sp³-hybridized carbons (Fsp3) is 0.600. The van der Waals surface area contributed by atoms with Crippen molar-refractivity contribution in [3.8, 4) is 5.75 Å². The Bertz CT molecular complexity index is 427. The molecule has 0 heterocycles. The molecule has 3 nitrogen and oxygen atoms in total. The maximum absolute atomic E-state index is 14.2. The van der Waals surface area contributed by atoms with Gasteiger partial charge in [0, 0.05) is 13.2 Å². The summed E-state index contributed by atoms with van der Waals surface area (Å²) in [5, 5.41) is 3.28. The van der Waals surface area contributed by atoms with E-state index >= 15 is 0 Å². The zero-order valence-corrected chi connectivity index (χ0v) is 11.8. The van der Waals surface area contributed by atoms with Crippen molar-refractivity contribution in [1.29, 1.82) is 0 Å². The summed E-state index contributed by atoms with van der Waals surface area (Å²) in [6, 6.07) is 5.39. The highest BCUT2D eigenvalue weighted by Crippen LogP contribution is 2.39. The minimum absolute atomic E-state index is 0.118. The van der Waals surface area contributed by atoms with E-state index in [1.165, 1.54) is 13.5 Å². The predicted molar refractivity (Wildman–Crippen MR) is 73.1 cm³/mol. The third kappa shape index (κ3) is 2.60. The molecule has 0 aromatic heterocycles. The van der Waals surface area contributed by atoms with Crippen molar-refractivity contribution >= 4 is 0 Å². The Kier molecular flexibility index (Phi) is 4.42. The largest absolute Gasteiger partial charge is 0.494 e. The van der Waals surface area contributed by atoms with Crippen LogP contribution < -0.4 is 10.1 Å². The van der Waals surface area contributed by atoms with E-state index in [1.807, 2.05) is 19.2 Å². The van der Waals surface area contributed by atoms with Gasteiger partial charge in [-0.1, -0.05) is 12.1 Å². The zero-order valence-electron chi connectivity index (χ0n) is 11.8. The lowest BCUT2D eigenvalue weighted by Crippen LogP contribution is -2.56. The Morgan fingerprint density at radius 3 is 2.58 bits per heavy atom. The van der Waals surface area contributed by atoms with Crippen LogP contribution in [-0.4, -0.2) is 32.9 Å². The molecule has 4 heteroatoms. The van der Waals surface area contributed by atoms with Crippen molar-refractivity contribution in [3.05, 3.63) is 29.6 Å². The SMILES string of the molecule is CNC(Cc1cccc(OC)c1F)C1(OC)CCC1. The highest BCUT2D eigenvalue weighted by molar-refractivity contribution is 5.32. The molecule has 1 aromatic carbocycles. The Morgan fingerprint density at radius 2 is 2.11 bits per heavy atom. The second-order valence-electron chi connectivity index (χ2n) is 5.10. The lowest BCUT2D eigenvalue weighted by Gasteiger charge is -2.46. The van der Waals surface area contributed by atoms with E-state index < -0.39 is 0 Å². The number of rotatable bonds is 6. The Balaban J connectivity index is 2.19. The van der Waals surface area contributed by atoms with Gasteiger partial charge in [-0.2, -0.15) is 0 Å². The van der Waals surface area contributed by atoms with Crippen LogP contribution in [0.25, 0.3) is 0 Å². The zero-order chi connectivity index (χ0) is 13.9. The maximum atomic E-state index is 14.2. The lowest BCUT2D eigenvalue weighted by atomic mass is 9.72. The monoisotopic (exact) mass is 267 g/mol. The van der Waals surface area contributed by atoms with Crippen molar-refractivity contribution in [1.82, 2.24) is 5.32 Å². The number of methoxy groups -OCH3 is 2. The molecule has 1 aromatic rings. The molecule has 0 spiro atoms. The molecule has 2 rings (SSSR count). The minimum atomic E-state index is -0.268. The standard InChI is InChI=1S/C15H22FNO2/c1-17-13(15(19-3)8-5-9-15)10-11-6-4-7-12(18-2)14(11)16/h4,6-7,13,17H,5,8-10H2,1-3H3. The number of nitrogens with one attached hydrogen (secondary N) is 1. The average Bonchev–Trinajstić information content (AvgIpc) is 2.38. The van der Waals surface area contributed by atoms with Crippen LogP contribution in [0.1, 0.15) is 24.8 Å². The van der Waals surface area contributed by atoms with E-state index in [2.05, 4.69) is 5.32 Å². The van der Waals surface area contributed by atoms with Gasteiger partial charge < -0.3 is 14.8 Å². The van der Waals surface area contributed by atoms with Gasteiger partial charge in [0.15, 0.2) is 11.6 Å². The summed E-state index contributed by atoms with van der Waals surface area (Å²) in [7, 11) is 5.13. The average molecular weight is 267 g/mol. The first-order valence-corrected chi connectivity index (χ1v) is 6.70. The molecule has 1 atom stereocenters. The van der Waals surface area contributed by atoms with E-state index in [-0.39, 0.29) is 17.5 Å². The molecule has 0 aliphatic heterocycles. The van der Waals surface area contributed by atoms with Crippen LogP contribution in [0.15, 0.2) is 18.2 Å². The smallest absolute Gasteiger partial charge is 0.168 e. The third-order valence-corrected chi connectivity index (χ3v) is 4.28. The fourth-order valence-corrected chi connectivity index (χ4v) is 2.86. The number of ether oxygens (including phenoxy) is 2. The molecule has 19 heavy (non-hydrogen) atoms. The predicted octanol–water partition coefficient (Wildman–Crippen LogP) is 2.53. The van der Waals surface area contributed by atoms with Crippen LogP contribution in [0.3, 0.4) is 0 Å². The number of hydrogen-bond donors (Lipinski definition) is 1. The van der Waals surface area contributed by atoms with Gasteiger partial charge in [-0.3, -0.25) is 0 Å². The van der Waals surface area contributed by atoms with Gasteiger partial charge in [0.25, 0.3) is 0 Å². The summed E-state index contributed by atoms with van der Waals surface area (Å²) in [6.07, 6.45) is 3.83. The summed E-state index contributed by atoms with van der Waals surface area (Å²) in [6.45, 7) is 0. The molecule has 0 radical (unpaired) electrons. The first kappa shape index (κ1) is 14.3. The van der Waals surface area contributed by atoms with Crippen LogP contribution in [0.2, 0.25) is 0 Å². The Labute approximate surface area is 114 Å². The Hall–Kier alpha value is -1.13. The third-order valence-electron chi connectivity index (χ3n) is 4.28. The molecule has 0 amide bonds. The summed E-state index contributed by atoms with van der Waals surface area (Å²) in [4.78, 5) is 0. The summed E-state index contributed by atoms with van der Waals surface area (Å²) < 4.78 is 24.9. The molecule has 0 saturated heterocycles. The van der Waals surface area contributed by atoms with Crippen LogP contribution >= 0.6 is 0 Å². The summed E-state index contributed by atoms with van der Waals surface area (Å²) in [5.41, 5.74) is 0.520. The molecular formula is C15H22FNO2. The topological polar surface area (TPSA) is 30.5 Å². The van der Waals surface area contributed by atoms with Gasteiger partial charge in [0.05, 0.1) is 12.7 Å². The van der Waals surface area contributed by atoms with Gasteiger partial charge in [0.1, 0.15) is 0 Å². The molecular weight excluding hydrogens is 245 g/mol. The normalized spacial score (nSPS) is 18.7. The molecule has 106 valence electrons. The molecule has 1 unspecified atom stereocenters. The molecule has 1 N–H and O–H groups in total. The van der Waals surface area contributed by atoms with Crippen molar-refractivity contribution in [2.24, 2.45) is 0 Å². The van der Waals surface area contributed by atoms with Gasteiger partial charge in [-0.05, 0) is 44.4 Å². The molecule has 1 aliphatic rings. The Morgan fingerprint density at radius 1 is 1.37 bits per heavy atom. The molecule has 1 aliphatic carbocycles. The maximum Gasteiger partial charge on any atom is 0.168 e. The molecule has 1 fully saturated rings. The van der Waals surface area contributed by atoms with Gasteiger partial charge in [-0.25, -0.2) is 4.39 Å². The van der Waals surface area contributed by atoms with Crippen LogP contribution in [0, 0.1) is 5.82 Å². The highest BCUT2D eigenvalue weighted by Gasteiger charge is 2.43. The number of likely N-dealkylation sites (N-methyl/N-ethyl adjacent to an activating group) is 1. The van der Waals surface area contributed by atoms with E-state index in [0.717, 1.165) is 12.8 Å². The summed E-state index contributed by atoms with van der Waals surface area (Å²) >= 11 is 0. The van der Waals surface area contributed by atoms with E-state index in [1.54, 1.807) is 13.2 Å². The molecule has 0 bridgehead atoms. The second-order valence-corrected chi connectivity index (χ2v) is 5.10. The van der Waals surface area contributed by atoms with E-state index in [4.69, 9.17) is 9.47 Å². The quantitative estimate of drug-likeness (QED) is 0.859. The second kappa shape index (κ2) is 5.88. The first-order chi connectivity index (χ1) is 9.16. The number of halogens is 1.